The predicted octanol–water partition coefficient (Wildman–Crippen LogP) is 7.18. The van der Waals surface area contributed by atoms with Gasteiger partial charge in [-0.3, -0.25) is 0 Å². The molecule has 2 aromatic heterocycles. The van der Waals surface area contributed by atoms with E-state index in [0.717, 1.165) is 83.7 Å². The van der Waals surface area contributed by atoms with Gasteiger partial charge in [0.25, 0.3) is 0 Å². The fourth-order valence-corrected chi connectivity index (χ4v) is 6.57. The molecular weight excluding hydrogens is 542 g/mol. The molecule has 0 spiro atoms. The highest BCUT2D eigenvalue weighted by atomic mass is 16.5. The van der Waals surface area contributed by atoms with Gasteiger partial charge < -0.3 is 29.8 Å². The first-order chi connectivity index (χ1) is 21.0. The van der Waals surface area contributed by atoms with Gasteiger partial charge in [0.1, 0.15) is 29.4 Å². The summed E-state index contributed by atoms with van der Waals surface area (Å²) < 4.78 is 17.2. The third-order valence-corrected chi connectivity index (χ3v) is 8.89. The number of ether oxygens (including phenoxy) is 2. The van der Waals surface area contributed by atoms with Gasteiger partial charge in [0, 0.05) is 29.3 Å². The van der Waals surface area contributed by atoms with Crippen molar-refractivity contribution in [3.05, 3.63) is 54.9 Å². The number of urea groups is 1. The molecule has 43 heavy (non-hydrogen) atoms. The zero-order chi connectivity index (χ0) is 29.8. The van der Waals surface area contributed by atoms with Gasteiger partial charge in [-0.05, 0) is 86.4 Å². The SMILES string of the molecule is COc1ccc(-c2oc3ncnc(NC4CCC(NC(=O)NC5CCCC(C)C5)CC4)c3c2-c2ccc(OC)cc2)cc1. The van der Waals surface area contributed by atoms with Crippen LogP contribution in [0.15, 0.2) is 59.3 Å². The minimum absolute atomic E-state index is 0.0263. The number of nitrogens with zero attached hydrogens (tertiary/aromatic N) is 2. The Morgan fingerprint density at radius 1 is 0.791 bits per heavy atom. The highest BCUT2D eigenvalue weighted by Crippen LogP contribution is 2.43. The van der Waals surface area contributed by atoms with Crippen molar-refractivity contribution in [2.45, 2.75) is 76.4 Å². The summed E-state index contributed by atoms with van der Waals surface area (Å²) in [6.45, 7) is 2.27. The lowest BCUT2D eigenvalue weighted by Crippen LogP contribution is -2.48. The Hall–Kier alpha value is -4.27. The number of methoxy groups -OCH3 is 2. The lowest BCUT2D eigenvalue weighted by molar-refractivity contribution is 0.219. The lowest BCUT2D eigenvalue weighted by atomic mass is 9.87. The number of carbonyl (C=O) groups is 1. The summed E-state index contributed by atoms with van der Waals surface area (Å²) in [4.78, 5) is 21.9. The second kappa shape index (κ2) is 12.9. The molecule has 3 N–H and O–H groups in total. The number of aromatic nitrogens is 2. The second-order valence-corrected chi connectivity index (χ2v) is 11.9. The van der Waals surface area contributed by atoms with E-state index in [0.29, 0.717) is 17.7 Å². The van der Waals surface area contributed by atoms with Gasteiger partial charge in [-0.2, -0.15) is 0 Å². The predicted molar refractivity (Wildman–Crippen MR) is 169 cm³/mol. The van der Waals surface area contributed by atoms with Crippen molar-refractivity contribution >= 4 is 22.9 Å². The zero-order valence-electron chi connectivity index (χ0n) is 25.2. The van der Waals surface area contributed by atoms with Crippen LogP contribution in [0.25, 0.3) is 33.6 Å². The molecule has 2 heterocycles. The van der Waals surface area contributed by atoms with Crippen molar-refractivity contribution < 1.29 is 18.7 Å². The molecule has 2 aliphatic carbocycles. The second-order valence-electron chi connectivity index (χ2n) is 11.9. The molecule has 0 saturated heterocycles. The number of anilines is 1. The molecule has 0 aliphatic heterocycles. The van der Waals surface area contributed by atoms with E-state index in [-0.39, 0.29) is 18.1 Å². The fraction of sp³-hybridized carbons (Fsp3) is 0.441. The standard InChI is InChI=1S/C34H41N5O4/c1-21-5-4-6-26(19-21)39-34(40)38-25-13-11-24(12-14-25)37-32-30-29(22-7-15-27(41-2)16-8-22)31(43-33(30)36-20-35-32)23-9-17-28(42-3)18-10-23/h7-10,15-18,20-21,24-26H,4-6,11-14,19H2,1-3H3,(H,35,36,37)(H2,38,39,40). The normalized spacial score (nSPS) is 22.1. The van der Waals surface area contributed by atoms with Gasteiger partial charge in [0.2, 0.25) is 5.71 Å². The summed E-state index contributed by atoms with van der Waals surface area (Å²) in [7, 11) is 3.32. The van der Waals surface area contributed by atoms with Crippen LogP contribution in [0, 0.1) is 5.92 Å². The van der Waals surface area contributed by atoms with E-state index >= 15 is 0 Å². The van der Waals surface area contributed by atoms with Gasteiger partial charge in [0.05, 0.1) is 19.6 Å². The Labute approximate surface area is 252 Å². The Kier molecular flexibility index (Phi) is 8.67. The molecule has 9 nitrogen and oxygen atoms in total. The molecule has 0 radical (unpaired) electrons. The zero-order valence-corrected chi connectivity index (χ0v) is 25.2. The van der Waals surface area contributed by atoms with Crippen molar-refractivity contribution in [2.24, 2.45) is 5.92 Å². The van der Waals surface area contributed by atoms with Crippen molar-refractivity contribution in [3.8, 4) is 33.9 Å². The van der Waals surface area contributed by atoms with Crippen molar-refractivity contribution in [2.75, 3.05) is 19.5 Å². The Balaban J connectivity index is 1.20. The molecule has 9 heteroatoms. The molecule has 2 saturated carbocycles. The number of nitrogens with one attached hydrogen (secondary N) is 3. The van der Waals surface area contributed by atoms with Crippen molar-refractivity contribution in [3.63, 3.8) is 0 Å². The van der Waals surface area contributed by atoms with E-state index in [1.807, 2.05) is 48.5 Å². The van der Waals surface area contributed by atoms with E-state index in [1.165, 1.54) is 12.8 Å². The first kappa shape index (κ1) is 28.8. The molecule has 226 valence electrons. The summed E-state index contributed by atoms with van der Waals surface area (Å²) in [6.07, 6.45) is 9.83. The first-order valence-corrected chi connectivity index (χ1v) is 15.4. The number of hydrogen-bond acceptors (Lipinski definition) is 7. The molecule has 2 aliphatic rings. The van der Waals surface area contributed by atoms with Crippen LogP contribution in [-0.2, 0) is 0 Å². The molecule has 4 aromatic rings. The Morgan fingerprint density at radius 2 is 1.42 bits per heavy atom. The smallest absolute Gasteiger partial charge is 0.315 e. The van der Waals surface area contributed by atoms with Crippen molar-refractivity contribution in [1.29, 1.82) is 0 Å². The van der Waals surface area contributed by atoms with E-state index in [2.05, 4.69) is 32.8 Å². The number of rotatable bonds is 8. The number of amides is 2. The Morgan fingerprint density at radius 3 is 2.07 bits per heavy atom. The summed E-state index contributed by atoms with van der Waals surface area (Å²) in [5.74, 6) is 3.71. The summed E-state index contributed by atoms with van der Waals surface area (Å²) in [6, 6.07) is 16.4. The molecule has 2 atom stereocenters. The fourth-order valence-electron chi connectivity index (χ4n) is 6.57. The van der Waals surface area contributed by atoms with Crippen LogP contribution in [-0.4, -0.2) is 48.3 Å². The van der Waals surface area contributed by atoms with Gasteiger partial charge in [-0.15, -0.1) is 0 Å². The number of carbonyl (C=O) groups excluding carboxylic acids is 1. The van der Waals surface area contributed by atoms with Crippen LogP contribution < -0.4 is 25.4 Å². The lowest BCUT2D eigenvalue weighted by Gasteiger charge is -2.32. The number of benzene rings is 2. The third-order valence-electron chi connectivity index (χ3n) is 8.89. The molecular formula is C34H41N5O4. The molecule has 2 fully saturated rings. The minimum atomic E-state index is -0.0263. The van der Waals surface area contributed by atoms with E-state index in [4.69, 9.17) is 13.9 Å². The maximum Gasteiger partial charge on any atom is 0.315 e. The molecule has 2 aromatic carbocycles. The van der Waals surface area contributed by atoms with Gasteiger partial charge >= 0.3 is 6.03 Å². The van der Waals surface area contributed by atoms with Crippen LogP contribution in [0.5, 0.6) is 11.5 Å². The quantitative estimate of drug-likeness (QED) is 0.202. The molecule has 0 bridgehead atoms. The van der Waals surface area contributed by atoms with Crippen molar-refractivity contribution in [1.82, 2.24) is 20.6 Å². The molecule has 2 unspecified atom stereocenters. The number of hydrogen-bond donors (Lipinski definition) is 3. The van der Waals surface area contributed by atoms with E-state index in [9.17, 15) is 4.79 Å². The molecule has 6 rings (SSSR count). The van der Waals surface area contributed by atoms with Crippen LogP contribution in [0.2, 0.25) is 0 Å². The summed E-state index contributed by atoms with van der Waals surface area (Å²) in [5.41, 5.74) is 3.35. The average molecular weight is 584 g/mol. The van der Waals surface area contributed by atoms with Gasteiger partial charge in [0.15, 0.2) is 0 Å². The number of furan rings is 1. The maximum absolute atomic E-state index is 12.7. The highest BCUT2D eigenvalue weighted by molar-refractivity contribution is 6.06. The van der Waals surface area contributed by atoms with Crippen LogP contribution in [0.1, 0.15) is 58.3 Å². The van der Waals surface area contributed by atoms with E-state index < -0.39 is 0 Å². The van der Waals surface area contributed by atoms with E-state index in [1.54, 1.807) is 20.5 Å². The van der Waals surface area contributed by atoms with Gasteiger partial charge in [-0.25, -0.2) is 14.8 Å². The molecule has 2 amide bonds. The van der Waals surface area contributed by atoms with Crippen LogP contribution in [0.3, 0.4) is 0 Å². The largest absolute Gasteiger partial charge is 0.497 e. The van der Waals surface area contributed by atoms with Crippen LogP contribution in [0.4, 0.5) is 10.6 Å². The summed E-state index contributed by atoms with van der Waals surface area (Å²) in [5, 5.41) is 11.0. The topological polar surface area (TPSA) is 111 Å². The third kappa shape index (κ3) is 6.55. The van der Waals surface area contributed by atoms with Gasteiger partial charge in [-0.1, -0.05) is 31.9 Å². The minimum Gasteiger partial charge on any atom is -0.497 e. The van der Waals surface area contributed by atoms with Crippen LogP contribution >= 0.6 is 0 Å². The first-order valence-electron chi connectivity index (χ1n) is 15.4. The summed E-state index contributed by atoms with van der Waals surface area (Å²) >= 11 is 0. The average Bonchev–Trinajstić information content (AvgIpc) is 3.43. The maximum atomic E-state index is 12.7. The monoisotopic (exact) mass is 583 g/mol. The Bertz CT molecular complexity index is 1530. The number of fused-ring (bicyclic) bond motifs is 1. The highest BCUT2D eigenvalue weighted by Gasteiger charge is 2.27.